The molecule has 0 fully saturated rings. The summed E-state index contributed by atoms with van der Waals surface area (Å²) < 4.78 is 1.70. The molecular weight excluding hydrogens is 250 g/mol. The van der Waals surface area contributed by atoms with E-state index in [4.69, 9.17) is 5.73 Å². The topological polar surface area (TPSA) is 69.1 Å². The van der Waals surface area contributed by atoms with Gasteiger partial charge in [0.1, 0.15) is 0 Å². The van der Waals surface area contributed by atoms with Crippen molar-refractivity contribution in [3.05, 3.63) is 47.8 Å². The Balaban J connectivity index is 2.00. The Labute approximate surface area is 117 Å². The summed E-state index contributed by atoms with van der Waals surface area (Å²) in [6.07, 6.45) is 2.26. The van der Waals surface area contributed by atoms with Gasteiger partial charge >= 0.3 is 0 Å². The average molecular weight is 267 g/mol. The fraction of sp³-hybridized carbons (Fsp3) is 0.267. The molecular formula is C15H17N5. The molecule has 3 aromatic rings. The SMILES string of the molecule is CCCc1ccc(-c2ccc3nnc(CN)n3n2)cc1. The molecule has 0 unspecified atom stereocenters. The molecule has 5 heteroatoms. The highest BCUT2D eigenvalue weighted by molar-refractivity contribution is 5.60. The number of fused-ring (bicyclic) bond motifs is 1. The number of aromatic nitrogens is 4. The third-order valence-corrected chi connectivity index (χ3v) is 3.30. The maximum Gasteiger partial charge on any atom is 0.177 e. The maximum atomic E-state index is 5.64. The first-order valence-electron chi connectivity index (χ1n) is 6.82. The van der Waals surface area contributed by atoms with Crippen LogP contribution in [-0.2, 0) is 13.0 Å². The first-order valence-corrected chi connectivity index (χ1v) is 6.82. The zero-order valence-corrected chi connectivity index (χ0v) is 11.5. The summed E-state index contributed by atoms with van der Waals surface area (Å²) >= 11 is 0. The summed E-state index contributed by atoms with van der Waals surface area (Å²) in [6, 6.07) is 12.4. The minimum Gasteiger partial charge on any atom is -0.324 e. The van der Waals surface area contributed by atoms with E-state index < -0.39 is 0 Å². The van der Waals surface area contributed by atoms with Gasteiger partial charge in [-0.05, 0) is 24.1 Å². The quantitative estimate of drug-likeness (QED) is 0.786. The van der Waals surface area contributed by atoms with E-state index in [0.717, 1.165) is 29.7 Å². The average Bonchev–Trinajstić information content (AvgIpc) is 2.90. The third kappa shape index (κ3) is 2.28. The molecule has 2 aromatic heterocycles. The molecule has 102 valence electrons. The molecule has 3 rings (SSSR count). The molecule has 2 heterocycles. The zero-order chi connectivity index (χ0) is 13.9. The van der Waals surface area contributed by atoms with E-state index in [1.54, 1.807) is 4.52 Å². The minimum absolute atomic E-state index is 0.326. The van der Waals surface area contributed by atoms with Crippen LogP contribution in [0, 0.1) is 0 Å². The Morgan fingerprint density at radius 1 is 1.05 bits per heavy atom. The van der Waals surface area contributed by atoms with Gasteiger partial charge in [-0.3, -0.25) is 0 Å². The number of nitrogens with two attached hydrogens (primary N) is 1. The first-order chi connectivity index (χ1) is 9.81. The molecule has 0 aliphatic carbocycles. The summed E-state index contributed by atoms with van der Waals surface area (Å²) in [7, 11) is 0. The molecule has 5 nitrogen and oxygen atoms in total. The largest absolute Gasteiger partial charge is 0.324 e. The Morgan fingerprint density at radius 2 is 1.85 bits per heavy atom. The molecule has 0 amide bonds. The van der Waals surface area contributed by atoms with Crippen LogP contribution in [0.3, 0.4) is 0 Å². The Hall–Kier alpha value is -2.27. The molecule has 0 saturated heterocycles. The second-order valence-corrected chi connectivity index (χ2v) is 4.76. The second-order valence-electron chi connectivity index (χ2n) is 4.76. The van der Waals surface area contributed by atoms with Crippen LogP contribution in [0.15, 0.2) is 36.4 Å². The van der Waals surface area contributed by atoms with Crippen molar-refractivity contribution in [1.29, 1.82) is 0 Å². The van der Waals surface area contributed by atoms with Gasteiger partial charge in [-0.15, -0.1) is 10.2 Å². The highest BCUT2D eigenvalue weighted by Gasteiger charge is 2.07. The van der Waals surface area contributed by atoms with Crippen LogP contribution < -0.4 is 5.73 Å². The van der Waals surface area contributed by atoms with Crippen LogP contribution in [0.5, 0.6) is 0 Å². The Kier molecular flexibility index (Phi) is 3.43. The van der Waals surface area contributed by atoms with Crippen LogP contribution in [0.1, 0.15) is 24.7 Å². The number of rotatable bonds is 4. The highest BCUT2D eigenvalue weighted by Crippen LogP contribution is 2.18. The van der Waals surface area contributed by atoms with Gasteiger partial charge < -0.3 is 5.73 Å². The van der Waals surface area contributed by atoms with Crippen molar-refractivity contribution < 1.29 is 0 Å². The van der Waals surface area contributed by atoms with E-state index in [1.165, 1.54) is 5.56 Å². The number of aryl methyl sites for hydroxylation is 1. The lowest BCUT2D eigenvalue weighted by Gasteiger charge is -2.04. The summed E-state index contributed by atoms with van der Waals surface area (Å²) in [4.78, 5) is 0. The molecule has 0 aliphatic heterocycles. The van der Waals surface area contributed by atoms with E-state index in [2.05, 4.69) is 46.5 Å². The van der Waals surface area contributed by atoms with Gasteiger partial charge in [0.15, 0.2) is 11.5 Å². The third-order valence-electron chi connectivity index (χ3n) is 3.30. The van der Waals surface area contributed by atoms with Gasteiger partial charge in [0.2, 0.25) is 0 Å². The smallest absolute Gasteiger partial charge is 0.177 e. The Bertz CT molecular complexity index is 715. The van der Waals surface area contributed by atoms with E-state index in [0.29, 0.717) is 12.4 Å². The van der Waals surface area contributed by atoms with Gasteiger partial charge in [0, 0.05) is 5.56 Å². The normalized spacial score (nSPS) is 11.1. The van der Waals surface area contributed by atoms with E-state index in [9.17, 15) is 0 Å². The van der Waals surface area contributed by atoms with Gasteiger partial charge in [-0.25, -0.2) is 0 Å². The maximum absolute atomic E-state index is 5.64. The van der Waals surface area contributed by atoms with Crippen molar-refractivity contribution in [2.24, 2.45) is 5.73 Å². The van der Waals surface area contributed by atoms with Crippen molar-refractivity contribution in [3.63, 3.8) is 0 Å². The zero-order valence-electron chi connectivity index (χ0n) is 11.5. The predicted molar refractivity (Wildman–Crippen MR) is 78.1 cm³/mol. The summed E-state index contributed by atoms with van der Waals surface area (Å²) in [5.74, 6) is 0.671. The molecule has 0 radical (unpaired) electrons. The summed E-state index contributed by atoms with van der Waals surface area (Å²) in [5.41, 5.74) is 9.69. The molecule has 2 N–H and O–H groups in total. The Morgan fingerprint density at radius 3 is 2.55 bits per heavy atom. The van der Waals surface area contributed by atoms with Crippen LogP contribution in [0.2, 0.25) is 0 Å². The lowest BCUT2D eigenvalue weighted by molar-refractivity contribution is 0.811. The molecule has 0 aliphatic rings. The van der Waals surface area contributed by atoms with Crippen molar-refractivity contribution in [2.45, 2.75) is 26.3 Å². The lowest BCUT2D eigenvalue weighted by atomic mass is 10.1. The first kappa shape index (κ1) is 12.7. The minimum atomic E-state index is 0.326. The molecule has 0 saturated carbocycles. The van der Waals surface area contributed by atoms with Gasteiger partial charge in [0.05, 0.1) is 12.2 Å². The molecule has 0 spiro atoms. The van der Waals surface area contributed by atoms with Crippen LogP contribution in [0.4, 0.5) is 0 Å². The fourth-order valence-corrected chi connectivity index (χ4v) is 2.25. The highest BCUT2D eigenvalue weighted by atomic mass is 15.4. The monoisotopic (exact) mass is 267 g/mol. The number of hydrogen-bond acceptors (Lipinski definition) is 4. The molecule has 20 heavy (non-hydrogen) atoms. The van der Waals surface area contributed by atoms with Crippen LogP contribution in [0.25, 0.3) is 16.9 Å². The van der Waals surface area contributed by atoms with Crippen molar-refractivity contribution in [2.75, 3.05) is 0 Å². The number of benzene rings is 1. The van der Waals surface area contributed by atoms with E-state index >= 15 is 0 Å². The van der Waals surface area contributed by atoms with Crippen molar-refractivity contribution >= 4 is 5.65 Å². The van der Waals surface area contributed by atoms with Gasteiger partial charge in [-0.1, -0.05) is 37.6 Å². The van der Waals surface area contributed by atoms with Crippen molar-refractivity contribution in [3.8, 4) is 11.3 Å². The van der Waals surface area contributed by atoms with Crippen LogP contribution in [-0.4, -0.2) is 19.8 Å². The van der Waals surface area contributed by atoms with Crippen LogP contribution >= 0.6 is 0 Å². The van der Waals surface area contributed by atoms with E-state index in [1.807, 2.05) is 12.1 Å². The fourth-order valence-electron chi connectivity index (χ4n) is 2.25. The second kappa shape index (κ2) is 5.38. The van der Waals surface area contributed by atoms with Gasteiger partial charge in [-0.2, -0.15) is 9.61 Å². The lowest BCUT2D eigenvalue weighted by Crippen LogP contribution is -2.05. The summed E-state index contributed by atoms with van der Waals surface area (Å²) in [6.45, 7) is 2.51. The molecule has 0 atom stereocenters. The van der Waals surface area contributed by atoms with Gasteiger partial charge in [0.25, 0.3) is 0 Å². The van der Waals surface area contributed by atoms with Crippen molar-refractivity contribution in [1.82, 2.24) is 19.8 Å². The number of hydrogen-bond donors (Lipinski definition) is 1. The summed E-state index contributed by atoms with van der Waals surface area (Å²) in [5, 5.41) is 12.6. The molecule has 1 aromatic carbocycles. The number of nitrogens with zero attached hydrogens (tertiary/aromatic N) is 4. The van der Waals surface area contributed by atoms with E-state index in [-0.39, 0.29) is 0 Å². The standard InChI is InChI=1S/C15H17N5/c1-2-3-11-4-6-12(7-5-11)13-8-9-14-17-18-15(10-16)20(14)19-13/h4-9H,2-3,10,16H2,1H3. The predicted octanol–water partition coefficient (Wildman–Crippen LogP) is 2.20. The molecule has 0 bridgehead atoms.